The summed E-state index contributed by atoms with van der Waals surface area (Å²) in [4.78, 5) is 15.4. The molecule has 0 fully saturated rings. The van der Waals surface area contributed by atoms with E-state index < -0.39 is 0 Å². The van der Waals surface area contributed by atoms with Gasteiger partial charge in [-0.25, -0.2) is 9.97 Å². The second kappa shape index (κ2) is 6.49. The van der Waals surface area contributed by atoms with Crippen molar-refractivity contribution in [1.82, 2.24) is 15.0 Å². The molecule has 2 heterocycles. The summed E-state index contributed by atoms with van der Waals surface area (Å²) in [6.45, 7) is 0. The summed E-state index contributed by atoms with van der Waals surface area (Å²) in [5.41, 5.74) is 3.09. The standard InChI is InChI=1S/C19H17N5S/c1-24(2)17-11-12-20-19(23-17)21-14-9-7-13(8-10-14)18-22-15-5-3-4-6-16(15)25-18/h3-12H,1-2H3,(H,20,21,23). The number of anilines is 3. The molecule has 0 saturated heterocycles. The zero-order chi connectivity index (χ0) is 17.2. The number of benzene rings is 2. The Balaban J connectivity index is 1.56. The molecule has 0 unspecified atom stereocenters. The molecule has 0 bridgehead atoms. The Labute approximate surface area is 150 Å². The van der Waals surface area contributed by atoms with Crippen molar-refractivity contribution in [2.45, 2.75) is 0 Å². The fraction of sp³-hybridized carbons (Fsp3) is 0.105. The molecule has 4 aromatic rings. The fourth-order valence-electron chi connectivity index (χ4n) is 2.48. The lowest BCUT2D eigenvalue weighted by Crippen LogP contribution is -2.11. The first kappa shape index (κ1) is 15.5. The van der Waals surface area contributed by atoms with Crippen LogP contribution in [0.4, 0.5) is 17.5 Å². The second-order valence-electron chi connectivity index (χ2n) is 5.82. The molecule has 0 aliphatic carbocycles. The molecule has 0 saturated carbocycles. The summed E-state index contributed by atoms with van der Waals surface area (Å²) in [5.74, 6) is 1.45. The van der Waals surface area contributed by atoms with E-state index >= 15 is 0 Å². The summed E-state index contributed by atoms with van der Waals surface area (Å²) in [6.07, 6.45) is 1.75. The van der Waals surface area contributed by atoms with Gasteiger partial charge in [-0.05, 0) is 42.5 Å². The predicted octanol–water partition coefficient (Wildman–Crippen LogP) is 4.56. The van der Waals surface area contributed by atoms with E-state index in [0.29, 0.717) is 5.95 Å². The van der Waals surface area contributed by atoms with Gasteiger partial charge >= 0.3 is 0 Å². The molecule has 0 atom stereocenters. The predicted molar refractivity (Wildman–Crippen MR) is 105 cm³/mol. The van der Waals surface area contributed by atoms with Crippen LogP contribution in [0, 0.1) is 0 Å². The third kappa shape index (κ3) is 3.29. The summed E-state index contributed by atoms with van der Waals surface area (Å²) in [5, 5.41) is 4.27. The van der Waals surface area contributed by atoms with Crippen molar-refractivity contribution < 1.29 is 0 Å². The van der Waals surface area contributed by atoms with Crippen LogP contribution < -0.4 is 10.2 Å². The van der Waals surface area contributed by atoms with Crippen LogP contribution >= 0.6 is 11.3 Å². The largest absolute Gasteiger partial charge is 0.363 e. The highest BCUT2D eigenvalue weighted by Crippen LogP contribution is 2.30. The maximum atomic E-state index is 4.70. The highest BCUT2D eigenvalue weighted by Gasteiger charge is 2.06. The van der Waals surface area contributed by atoms with Gasteiger partial charge in [0.25, 0.3) is 0 Å². The Morgan fingerprint density at radius 1 is 0.920 bits per heavy atom. The first-order valence-electron chi connectivity index (χ1n) is 7.92. The van der Waals surface area contributed by atoms with Crippen molar-refractivity contribution in [2.24, 2.45) is 0 Å². The average molecular weight is 347 g/mol. The van der Waals surface area contributed by atoms with Crippen LogP contribution in [0.2, 0.25) is 0 Å². The molecule has 2 aromatic heterocycles. The van der Waals surface area contributed by atoms with Gasteiger partial charge in [-0.15, -0.1) is 11.3 Å². The van der Waals surface area contributed by atoms with E-state index in [-0.39, 0.29) is 0 Å². The molecule has 0 amide bonds. The van der Waals surface area contributed by atoms with Gasteiger partial charge in [0.2, 0.25) is 5.95 Å². The van der Waals surface area contributed by atoms with Gasteiger partial charge in [-0.2, -0.15) is 4.98 Å². The molecule has 0 spiro atoms. The van der Waals surface area contributed by atoms with Gasteiger partial charge < -0.3 is 10.2 Å². The molecule has 6 heteroatoms. The number of nitrogens with one attached hydrogen (secondary N) is 1. The lowest BCUT2D eigenvalue weighted by molar-refractivity contribution is 1.04. The van der Waals surface area contributed by atoms with Crippen LogP contribution in [0.15, 0.2) is 60.8 Å². The van der Waals surface area contributed by atoms with Crippen LogP contribution in [0.3, 0.4) is 0 Å². The van der Waals surface area contributed by atoms with Gasteiger partial charge in [0.1, 0.15) is 10.8 Å². The van der Waals surface area contributed by atoms with E-state index in [1.807, 2.05) is 55.4 Å². The molecule has 25 heavy (non-hydrogen) atoms. The highest BCUT2D eigenvalue weighted by atomic mass is 32.1. The van der Waals surface area contributed by atoms with Crippen molar-refractivity contribution in [1.29, 1.82) is 0 Å². The number of hydrogen-bond acceptors (Lipinski definition) is 6. The zero-order valence-electron chi connectivity index (χ0n) is 14.0. The summed E-state index contributed by atoms with van der Waals surface area (Å²) in [7, 11) is 3.91. The highest BCUT2D eigenvalue weighted by molar-refractivity contribution is 7.21. The topological polar surface area (TPSA) is 53.9 Å². The minimum absolute atomic E-state index is 0.582. The molecule has 5 nitrogen and oxygen atoms in total. The number of aromatic nitrogens is 3. The Morgan fingerprint density at radius 3 is 2.48 bits per heavy atom. The van der Waals surface area contributed by atoms with E-state index in [9.17, 15) is 0 Å². The van der Waals surface area contributed by atoms with E-state index in [1.54, 1.807) is 17.5 Å². The van der Waals surface area contributed by atoms with E-state index in [4.69, 9.17) is 4.98 Å². The molecule has 0 aliphatic heterocycles. The van der Waals surface area contributed by atoms with Crippen LogP contribution in [0.1, 0.15) is 0 Å². The Hall–Kier alpha value is -2.99. The Morgan fingerprint density at radius 2 is 1.72 bits per heavy atom. The number of rotatable bonds is 4. The minimum atomic E-state index is 0.582. The normalized spacial score (nSPS) is 10.8. The minimum Gasteiger partial charge on any atom is -0.363 e. The van der Waals surface area contributed by atoms with Crippen molar-refractivity contribution in [2.75, 3.05) is 24.3 Å². The first-order chi connectivity index (χ1) is 12.2. The van der Waals surface area contributed by atoms with Gasteiger partial charge in [-0.1, -0.05) is 12.1 Å². The van der Waals surface area contributed by atoms with Crippen LogP contribution in [0.25, 0.3) is 20.8 Å². The van der Waals surface area contributed by atoms with E-state index in [1.165, 1.54) is 4.70 Å². The van der Waals surface area contributed by atoms with E-state index in [2.05, 4.69) is 33.5 Å². The van der Waals surface area contributed by atoms with Crippen molar-refractivity contribution in [3.63, 3.8) is 0 Å². The molecular weight excluding hydrogens is 330 g/mol. The van der Waals surface area contributed by atoms with E-state index in [0.717, 1.165) is 27.6 Å². The third-order valence-corrected chi connectivity index (χ3v) is 4.87. The third-order valence-electron chi connectivity index (χ3n) is 3.78. The molecule has 0 aliphatic rings. The van der Waals surface area contributed by atoms with Gasteiger partial charge in [-0.3, -0.25) is 0 Å². The molecule has 124 valence electrons. The maximum Gasteiger partial charge on any atom is 0.229 e. The first-order valence-corrected chi connectivity index (χ1v) is 8.74. The number of nitrogens with zero attached hydrogens (tertiary/aromatic N) is 4. The van der Waals surface area contributed by atoms with Crippen molar-refractivity contribution in [3.8, 4) is 10.6 Å². The second-order valence-corrected chi connectivity index (χ2v) is 6.85. The SMILES string of the molecule is CN(C)c1ccnc(Nc2ccc(-c3nc4ccccc4s3)cc2)n1. The lowest BCUT2D eigenvalue weighted by Gasteiger charge is -2.12. The summed E-state index contributed by atoms with van der Waals surface area (Å²) >= 11 is 1.70. The van der Waals surface area contributed by atoms with Gasteiger partial charge in [0.05, 0.1) is 10.2 Å². The van der Waals surface area contributed by atoms with Crippen molar-refractivity contribution in [3.05, 3.63) is 60.8 Å². The maximum absolute atomic E-state index is 4.70. The fourth-order valence-corrected chi connectivity index (χ4v) is 3.45. The smallest absolute Gasteiger partial charge is 0.229 e. The van der Waals surface area contributed by atoms with Crippen molar-refractivity contribution >= 4 is 39.0 Å². The number of thiazole rings is 1. The van der Waals surface area contributed by atoms with Gasteiger partial charge in [0.15, 0.2) is 0 Å². The summed E-state index contributed by atoms with van der Waals surface area (Å²) in [6, 6.07) is 18.2. The van der Waals surface area contributed by atoms with Crippen LogP contribution in [-0.4, -0.2) is 29.0 Å². The number of hydrogen-bond donors (Lipinski definition) is 1. The molecular formula is C19H17N5S. The quantitative estimate of drug-likeness (QED) is 0.586. The Bertz CT molecular complexity index is 975. The number of fused-ring (bicyclic) bond motifs is 1. The van der Waals surface area contributed by atoms with Crippen LogP contribution in [0.5, 0.6) is 0 Å². The molecule has 2 aromatic carbocycles. The molecule has 1 N–H and O–H groups in total. The van der Waals surface area contributed by atoms with Crippen LogP contribution in [-0.2, 0) is 0 Å². The van der Waals surface area contributed by atoms with Gasteiger partial charge in [0, 0.05) is 31.5 Å². The average Bonchev–Trinajstić information content (AvgIpc) is 3.07. The lowest BCUT2D eigenvalue weighted by atomic mass is 10.2. The summed E-state index contributed by atoms with van der Waals surface area (Å²) < 4.78 is 1.20. The monoisotopic (exact) mass is 347 g/mol. The molecule has 0 radical (unpaired) electrons. The number of para-hydroxylation sites is 1. The zero-order valence-corrected chi connectivity index (χ0v) is 14.8. The Kier molecular flexibility index (Phi) is 4.03. The molecule has 4 rings (SSSR count).